The summed E-state index contributed by atoms with van der Waals surface area (Å²) in [5.74, 6) is -0.427. The number of nitrogens with one attached hydrogen (secondary N) is 1. The number of aliphatic hydroxyl groups excluding tert-OH is 1. The molecule has 1 unspecified atom stereocenters. The van der Waals surface area contributed by atoms with Crippen LogP contribution in [0.25, 0.3) is 10.9 Å². The summed E-state index contributed by atoms with van der Waals surface area (Å²) >= 11 is 0. The number of rotatable bonds is 4. The van der Waals surface area contributed by atoms with E-state index in [2.05, 4.69) is 10.3 Å². The van der Waals surface area contributed by atoms with E-state index >= 15 is 0 Å². The van der Waals surface area contributed by atoms with E-state index in [1.807, 2.05) is 0 Å². The monoisotopic (exact) mass is 249 g/mol. The highest BCUT2D eigenvalue weighted by Gasteiger charge is 2.11. The van der Waals surface area contributed by atoms with Crippen molar-refractivity contribution >= 4 is 22.3 Å². The van der Waals surface area contributed by atoms with Gasteiger partial charge in [-0.3, -0.25) is 4.98 Å². The largest absolute Gasteiger partial charge is 0.398 e. The average Bonchev–Trinajstić information content (AvgIpc) is 2.33. The van der Waals surface area contributed by atoms with Crippen molar-refractivity contribution in [1.29, 1.82) is 0 Å². The molecule has 1 aromatic heterocycles. The third kappa shape index (κ3) is 2.51. The highest BCUT2D eigenvalue weighted by atomic mass is 19.1. The summed E-state index contributed by atoms with van der Waals surface area (Å²) in [6.45, 7) is 2.17. The number of aromatic nitrogens is 1. The van der Waals surface area contributed by atoms with Gasteiger partial charge in [-0.05, 0) is 31.5 Å². The van der Waals surface area contributed by atoms with Gasteiger partial charge < -0.3 is 16.2 Å². The van der Waals surface area contributed by atoms with Gasteiger partial charge in [0.1, 0.15) is 0 Å². The quantitative estimate of drug-likeness (QED) is 0.726. The smallest absolute Gasteiger partial charge is 0.150 e. The highest BCUT2D eigenvalue weighted by molar-refractivity contribution is 5.98. The normalized spacial score (nSPS) is 12.6. The number of nitrogens with zero attached hydrogens (tertiary/aromatic N) is 1. The van der Waals surface area contributed by atoms with Crippen LogP contribution in [0.1, 0.15) is 13.3 Å². The first-order valence-electron chi connectivity index (χ1n) is 5.84. The summed E-state index contributed by atoms with van der Waals surface area (Å²) in [7, 11) is 0. The van der Waals surface area contributed by atoms with Crippen LogP contribution < -0.4 is 11.1 Å². The molecule has 2 aromatic rings. The molecule has 4 nitrogen and oxygen atoms in total. The number of hydrogen-bond acceptors (Lipinski definition) is 4. The fraction of sp³-hybridized carbons (Fsp3) is 0.308. The van der Waals surface area contributed by atoms with Gasteiger partial charge in [0.05, 0.1) is 17.3 Å². The number of benzene rings is 1. The van der Waals surface area contributed by atoms with E-state index in [9.17, 15) is 9.50 Å². The lowest BCUT2D eigenvalue weighted by Crippen LogP contribution is -2.11. The molecule has 0 fully saturated rings. The number of fused-ring (bicyclic) bond motifs is 1. The molecule has 0 bridgehead atoms. The Labute approximate surface area is 105 Å². The van der Waals surface area contributed by atoms with E-state index in [1.54, 1.807) is 25.3 Å². The first kappa shape index (κ1) is 12.6. The topological polar surface area (TPSA) is 71.2 Å². The van der Waals surface area contributed by atoms with Crippen molar-refractivity contribution in [2.24, 2.45) is 0 Å². The molecule has 5 heteroatoms. The van der Waals surface area contributed by atoms with Crippen molar-refractivity contribution < 1.29 is 9.50 Å². The van der Waals surface area contributed by atoms with Crippen molar-refractivity contribution in [3.05, 3.63) is 30.2 Å². The van der Waals surface area contributed by atoms with E-state index < -0.39 is 11.9 Å². The molecular weight excluding hydrogens is 233 g/mol. The zero-order valence-electron chi connectivity index (χ0n) is 10.2. The molecule has 4 N–H and O–H groups in total. The summed E-state index contributed by atoms with van der Waals surface area (Å²) in [6.07, 6.45) is 1.72. The van der Waals surface area contributed by atoms with E-state index in [0.717, 1.165) is 5.39 Å². The lowest BCUT2D eigenvalue weighted by molar-refractivity contribution is 0.188. The lowest BCUT2D eigenvalue weighted by atomic mass is 10.1. The Morgan fingerprint density at radius 2 is 2.33 bits per heavy atom. The molecule has 2 rings (SSSR count). The second-order valence-electron chi connectivity index (χ2n) is 4.29. The third-order valence-corrected chi connectivity index (χ3v) is 2.74. The Hall–Kier alpha value is -1.88. The maximum Gasteiger partial charge on any atom is 0.150 e. The fourth-order valence-electron chi connectivity index (χ4n) is 1.81. The molecular formula is C13H16FN3O. The molecule has 1 atom stereocenters. The molecule has 0 saturated heterocycles. The molecule has 0 radical (unpaired) electrons. The molecule has 0 aliphatic carbocycles. The second kappa shape index (κ2) is 5.18. The number of nitrogen functional groups attached to an aromatic ring is 1. The molecule has 18 heavy (non-hydrogen) atoms. The molecule has 0 aliphatic rings. The molecule has 1 aromatic carbocycles. The predicted molar refractivity (Wildman–Crippen MR) is 70.9 cm³/mol. The van der Waals surface area contributed by atoms with E-state index in [1.165, 1.54) is 6.07 Å². The van der Waals surface area contributed by atoms with Crippen LogP contribution in [0.4, 0.5) is 15.8 Å². The Bertz CT molecular complexity index is 557. The van der Waals surface area contributed by atoms with E-state index in [-0.39, 0.29) is 0 Å². The van der Waals surface area contributed by atoms with Crippen molar-refractivity contribution in [3.8, 4) is 0 Å². The standard InChI is InChI=1S/C13H16FN3O/c1-8(18)4-6-17-13-10(14)7-11(15)9-3-2-5-16-12(9)13/h2-3,5,7-8,17-18H,4,6,15H2,1H3. The van der Waals surface area contributed by atoms with Gasteiger partial charge in [0.25, 0.3) is 0 Å². The minimum absolute atomic E-state index is 0.334. The number of hydrogen-bond donors (Lipinski definition) is 3. The maximum absolute atomic E-state index is 13.9. The van der Waals surface area contributed by atoms with Crippen LogP contribution in [0.3, 0.4) is 0 Å². The van der Waals surface area contributed by atoms with Crippen LogP contribution in [0.5, 0.6) is 0 Å². The van der Waals surface area contributed by atoms with Gasteiger partial charge in [-0.15, -0.1) is 0 Å². The van der Waals surface area contributed by atoms with Crippen LogP contribution in [0.2, 0.25) is 0 Å². The van der Waals surface area contributed by atoms with Gasteiger partial charge in [0.2, 0.25) is 0 Å². The minimum atomic E-state index is -0.427. The zero-order chi connectivity index (χ0) is 13.1. The second-order valence-corrected chi connectivity index (χ2v) is 4.29. The van der Waals surface area contributed by atoms with Crippen molar-refractivity contribution in [2.75, 3.05) is 17.6 Å². The van der Waals surface area contributed by atoms with E-state index in [0.29, 0.717) is 29.9 Å². The van der Waals surface area contributed by atoms with Crippen LogP contribution >= 0.6 is 0 Å². The minimum Gasteiger partial charge on any atom is -0.398 e. The molecule has 0 spiro atoms. The van der Waals surface area contributed by atoms with Gasteiger partial charge >= 0.3 is 0 Å². The Kier molecular flexibility index (Phi) is 3.62. The van der Waals surface area contributed by atoms with Gasteiger partial charge in [0.15, 0.2) is 5.82 Å². The lowest BCUT2D eigenvalue weighted by Gasteiger charge is -2.12. The zero-order valence-corrected chi connectivity index (χ0v) is 10.2. The number of halogens is 1. The summed E-state index contributed by atoms with van der Waals surface area (Å²) in [5.41, 5.74) is 6.98. The number of aliphatic hydroxyl groups is 1. The van der Waals surface area contributed by atoms with Crippen molar-refractivity contribution in [3.63, 3.8) is 0 Å². The predicted octanol–water partition coefficient (Wildman–Crippen LogP) is 2.14. The molecule has 0 saturated carbocycles. The number of nitrogens with two attached hydrogens (primary N) is 1. The highest BCUT2D eigenvalue weighted by Crippen LogP contribution is 2.29. The number of anilines is 2. The average molecular weight is 249 g/mol. The Balaban J connectivity index is 2.37. The first-order chi connectivity index (χ1) is 8.59. The van der Waals surface area contributed by atoms with Crippen LogP contribution in [0, 0.1) is 5.82 Å². The first-order valence-corrected chi connectivity index (χ1v) is 5.84. The van der Waals surface area contributed by atoms with Gasteiger partial charge in [-0.2, -0.15) is 0 Å². The van der Waals surface area contributed by atoms with Crippen LogP contribution in [-0.2, 0) is 0 Å². The van der Waals surface area contributed by atoms with Crippen LogP contribution in [-0.4, -0.2) is 22.7 Å². The summed E-state index contributed by atoms with van der Waals surface area (Å²) < 4.78 is 13.9. The summed E-state index contributed by atoms with van der Waals surface area (Å²) in [4.78, 5) is 4.16. The Morgan fingerprint density at radius 1 is 1.56 bits per heavy atom. The van der Waals surface area contributed by atoms with Gasteiger partial charge in [-0.25, -0.2) is 4.39 Å². The van der Waals surface area contributed by atoms with Crippen LogP contribution in [0.15, 0.2) is 24.4 Å². The maximum atomic E-state index is 13.9. The van der Waals surface area contributed by atoms with Gasteiger partial charge in [-0.1, -0.05) is 0 Å². The van der Waals surface area contributed by atoms with Crippen molar-refractivity contribution in [1.82, 2.24) is 4.98 Å². The third-order valence-electron chi connectivity index (χ3n) is 2.74. The SMILES string of the molecule is CC(O)CCNc1c(F)cc(N)c2cccnc12. The summed E-state index contributed by atoms with van der Waals surface area (Å²) in [6, 6.07) is 4.85. The molecule has 96 valence electrons. The summed E-state index contributed by atoms with van der Waals surface area (Å²) in [5, 5.41) is 12.9. The molecule has 0 amide bonds. The van der Waals surface area contributed by atoms with Gasteiger partial charge in [0, 0.05) is 23.8 Å². The molecule has 0 aliphatic heterocycles. The van der Waals surface area contributed by atoms with E-state index in [4.69, 9.17) is 5.73 Å². The van der Waals surface area contributed by atoms with Crippen molar-refractivity contribution in [2.45, 2.75) is 19.4 Å². The number of pyridine rings is 1. The Morgan fingerprint density at radius 3 is 3.06 bits per heavy atom. The fourth-order valence-corrected chi connectivity index (χ4v) is 1.81. The molecule has 1 heterocycles.